The molecular weight excluding hydrogens is 155 g/mol. The van der Waals surface area contributed by atoms with Gasteiger partial charge in [-0.05, 0) is 6.85 Å². The van der Waals surface area contributed by atoms with E-state index in [9.17, 15) is 9.59 Å². The van der Waals surface area contributed by atoms with Gasteiger partial charge in [0.25, 0.3) is 0 Å². The molecule has 0 fully saturated rings. The van der Waals surface area contributed by atoms with Crippen LogP contribution < -0.4 is 5.32 Å². The average Bonchev–Trinajstić information content (AvgIpc) is 1.96. The van der Waals surface area contributed by atoms with Crippen LogP contribution in [-0.4, -0.2) is 22.2 Å². The van der Waals surface area contributed by atoms with E-state index in [4.69, 9.17) is 9.22 Å². The molecule has 0 spiro atoms. The summed E-state index contributed by atoms with van der Waals surface area (Å²) in [6, 6.07) is 0. The number of aliphatic carboxylic acids is 1. The lowest BCUT2D eigenvalue weighted by Crippen LogP contribution is -2.30. The van der Waals surface area contributed by atoms with Gasteiger partial charge in [-0.1, -0.05) is 0 Å². The Kier molecular flexibility index (Phi) is 2.08. The topological polar surface area (TPSA) is 66.4 Å². The Morgan fingerprint density at radius 3 is 2.90 bits per heavy atom. The van der Waals surface area contributed by atoms with E-state index < -0.39 is 24.0 Å². The fourth-order valence-corrected chi connectivity index (χ4v) is 0.248. The summed E-state index contributed by atoms with van der Waals surface area (Å²) in [6.07, 6.45) is 0. The molecule has 0 heterocycles. The lowest BCUT2D eigenvalue weighted by molar-refractivity contribution is -0.135. The van der Waals surface area contributed by atoms with Crippen LogP contribution in [0.2, 0.25) is 0 Å². The highest BCUT2D eigenvalue weighted by Gasteiger charge is 2.08. The van der Waals surface area contributed by atoms with Crippen molar-refractivity contribution in [3.63, 3.8) is 0 Å². The molecule has 0 aliphatic rings. The zero-order chi connectivity index (χ0) is 10.6. The maximum absolute atomic E-state index is 10.8. The summed E-state index contributed by atoms with van der Waals surface area (Å²) in [7, 11) is 0. The maximum Gasteiger partial charge on any atom is 0.335 e. The van der Waals surface area contributed by atoms with Crippen LogP contribution in [0.3, 0.4) is 0 Å². The van der Waals surface area contributed by atoms with E-state index in [-0.39, 0.29) is 0 Å². The standard InChI is InChI=1S/C5H7NO3S/c1-3(10)5(9)6-2-4(7)8/h3,10H,1H3,(H,6,9)(H,7,8)/i1D3,2+1. The van der Waals surface area contributed by atoms with Crippen molar-refractivity contribution in [3.8, 4) is 0 Å². The summed E-state index contributed by atoms with van der Waals surface area (Å²) < 4.78 is 20.3. The number of rotatable bonds is 3. The van der Waals surface area contributed by atoms with Gasteiger partial charge < -0.3 is 10.4 Å². The van der Waals surface area contributed by atoms with Crippen LogP contribution in [0.4, 0.5) is 0 Å². The minimum Gasteiger partial charge on any atom is -0.479 e. The number of carboxylic acid groups (broad SMARTS) is 1. The van der Waals surface area contributed by atoms with Crippen molar-refractivity contribution in [2.75, 3.05) is 0 Å². The smallest absolute Gasteiger partial charge is 0.335 e. The zero-order valence-corrected chi connectivity index (χ0v) is 5.68. The van der Waals surface area contributed by atoms with Gasteiger partial charge in [0.05, 0.1) is 5.25 Å². The number of hydrogen-bond acceptors (Lipinski definition) is 3. The number of carbonyl (C=O) groups excluding carboxylic acids is 1. The molecule has 0 aromatic carbocycles. The second kappa shape index (κ2) is 4.16. The second-order valence-electron chi connectivity index (χ2n) is 1.32. The molecule has 0 saturated heterocycles. The number of thiol groups is 1. The zero-order valence-electron chi connectivity index (χ0n) is 7.79. The molecule has 2 N–H and O–H groups in total. The first-order valence-corrected chi connectivity index (χ1v) is 2.73. The van der Waals surface area contributed by atoms with Crippen LogP contribution in [0.25, 0.3) is 0 Å². The van der Waals surface area contributed by atoms with Gasteiger partial charge in [0, 0.05) is 4.11 Å². The monoisotopic (exact) mass is 165 g/mol. The van der Waals surface area contributed by atoms with Crippen molar-refractivity contribution < 1.29 is 18.8 Å². The van der Waals surface area contributed by atoms with Crippen molar-refractivity contribution in [2.24, 2.45) is 0 Å². The fourth-order valence-electron chi connectivity index (χ4n) is 0.183. The van der Waals surface area contributed by atoms with E-state index in [1.165, 1.54) is 6.54 Å². The summed E-state index contributed by atoms with van der Waals surface area (Å²) >= 11 is 3.50. The van der Waals surface area contributed by atoms with Crippen molar-refractivity contribution in [1.29, 1.82) is 0 Å². The Morgan fingerprint density at radius 1 is 1.90 bits per heavy atom. The molecule has 0 aromatic rings. The minimum atomic E-state index is -2.56. The highest BCUT2D eigenvalue weighted by molar-refractivity contribution is 7.81. The Hall–Kier alpha value is -0.710. The van der Waals surface area contributed by atoms with Crippen molar-refractivity contribution in [3.05, 3.63) is 6.54 Å². The molecule has 0 aromatic heterocycles. The predicted molar refractivity (Wildman–Crippen MR) is 37.5 cm³/mol. The van der Waals surface area contributed by atoms with Gasteiger partial charge in [0.1, 0.15) is 0 Å². The molecule has 0 saturated carbocycles. The van der Waals surface area contributed by atoms with Crippen molar-refractivity contribution >= 4 is 24.5 Å². The van der Waals surface area contributed by atoms with Crippen molar-refractivity contribution in [1.82, 2.24) is 5.32 Å². The fraction of sp³-hybridized carbons (Fsp3) is 0.400. The number of hydrogen-bond donors (Lipinski definition) is 3. The molecule has 0 rings (SSSR count). The number of carbonyl (C=O) groups is 2. The van der Waals surface area contributed by atoms with E-state index in [0.29, 0.717) is 0 Å². The Morgan fingerprint density at radius 2 is 2.50 bits per heavy atom. The van der Waals surface area contributed by atoms with Crippen LogP contribution >= 0.6 is 12.6 Å². The predicted octanol–water partition coefficient (Wildman–Crippen LogP) is -0.456. The van der Waals surface area contributed by atoms with E-state index in [1.807, 2.05) is 0 Å². The second-order valence-corrected chi connectivity index (χ2v) is 1.84. The molecule has 2 radical (unpaired) electrons. The summed E-state index contributed by atoms with van der Waals surface area (Å²) in [5.74, 6) is -2.51. The van der Waals surface area contributed by atoms with Crippen LogP contribution in [0.1, 0.15) is 11.0 Å². The molecule has 5 heteroatoms. The molecule has 0 bridgehead atoms. The average molecular weight is 165 g/mol. The molecule has 1 unspecified atom stereocenters. The van der Waals surface area contributed by atoms with Crippen LogP contribution in [0.15, 0.2) is 0 Å². The first kappa shape index (κ1) is 5.01. The van der Waals surface area contributed by atoms with Gasteiger partial charge in [-0.3, -0.25) is 4.79 Å². The van der Waals surface area contributed by atoms with E-state index >= 15 is 0 Å². The lowest BCUT2D eigenvalue weighted by atomic mass is 10.4. The highest BCUT2D eigenvalue weighted by atomic mass is 32.1. The maximum atomic E-state index is 10.8. The minimum absolute atomic E-state index is 1.02. The van der Waals surface area contributed by atoms with Gasteiger partial charge in [-0.15, -0.1) is 0 Å². The molecule has 1 amide bonds. The number of amides is 1. The highest BCUT2D eigenvalue weighted by Crippen LogP contribution is 1.90. The molecule has 4 nitrogen and oxygen atoms in total. The van der Waals surface area contributed by atoms with Gasteiger partial charge in [-0.25, -0.2) is 4.79 Å². The summed E-state index contributed by atoms with van der Waals surface area (Å²) in [4.78, 5) is 20.7. The lowest BCUT2D eigenvalue weighted by Gasteiger charge is -2.01. The molecular formula is C5H7NO3S. The first-order chi connectivity index (χ1) is 5.75. The third kappa shape index (κ3) is 4.20. The molecule has 0 aliphatic heterocycles. The van der Waals surface area contributed by atoms with Gasteiger partial charge in [-0.2, -0.15) is 12.6 Å². The number of nitrogens with one attached hydrogen (secondary N) is 1. The number of carboxylic acids is 1. The van der Waals surface area contributed by atoms with E-state index in [2.05, 4.69) is 12.6 Å². The Labute approximate surface area is 68.2 Å². The SMILES string of the molecule is [2H]C([2H])([2H])C(S)C(=O)N[13C]C(=O)O. The third-order valence-corrected chi connectivity index (χ3v) is 0.775. The molecule has 10 heavy (non-hydrogen) atoms. The van der Waals surface area contributed by atoms with Gasteiger partial charge in [0.2, 0.25) is 12.5 Å². The molecule has 0 aliphatic carbocycles. The summed E-state index contributed by atoms with van der Waals surface area (Å²) in [5.41, 5.74) is 0. The third-order valence-electron chi connectivity index (χ3n) is 0.541. The normalized spacial score (nSPS) is 17.9. The molecule has 56 valence electrons. The first-order valence-electron chi connectivity index (χ1n) is 3.72. The van der Waals surface area contributed by atoms with Gasteiger partial charge >= 0.3 is 5.97 Å². The largest absolute Gasteiger partial charge is 0.479 e. The Bertz CT molecular complexity index is 218. The quantitative estimate of drug-likeness (QED) is 0.301. The summed E-state index contributed by atoms with van der Waals surface area (Å²) in [5, 5.41) is 8.16. The van der Waals surface area contributed by atoms with Crippen LogP contribution in [0, 0.1) is 6.54 Å². The summed E-state index contributed by atoms with van der Waals surface area (Å²) in [6.45, 7) is -1.05. The molecule has 1 atom stereocenters. The van der Waals surface area contributed by atoms with E-state index in [1.54, 1.807) is 5.32 Å². The van der Waals surface area contributed by atoms with Crippen molar-refractivity contribution in [2.45, 2.75) is 12.1 Å². The van der Waals surface area contributed by atoms with E-state index in [0.717, 1.165) is 0 Å². The van der Waals surface area contributed by atoms with Crippen LogP contribution in [-0.2, 0) is 9.59 Å². The Balaban J connectivity index is 4.05. The van der Waals surface area contributed by atoms with Gasteiger partial charge in [0.15, 0.2) is 0 Å². The van der Waals surface area contributed by atoms with Crippen LogP contribution in [0.5, 0.6) is 0 Å².